The zero-order valence-corrected chi connectivity index (χ0v) is 13.3. The summed E-state index contributed by atoms with van der Waals surface area (Å²) in [7, 11) is -4.03. The molecule has 0 N–H and O–H groups in total. The molecule has 2 aromatic rings. The summed E-state index contributed by atoms with van der Waals surface area (Å²) in [6, 6.07) is 9.02. The Morgan fingerprint density at radius 2 is 1.55 bits per heavy atom. The van der Waals surface area contributed by atoms with Crippen molar-refractivity contribution in [3.05, 3.63) is 57.0 Å². The highest BCUT2D eigenvalue weighted by atomic mass is 35.5. The highest BCUT2D eigenvalue weighted by Crippen LogP contribution is 2.31. The number of para-hydroxylation sites is 1. The van der Waals surface area contributed by atoms with Crippen LogP contribution in [0, 0.1) is 6.92 Å². The maximum absolute atomic E-state index is 12.3. The molecule has 0 spiro atoms. The molecule has 3 nitrogen and oxygen atoms in total. The van der Waals surface area contributed by atoms with Crippen LogP contribution in [0.2, 0.25) is 15.1 Å². The van der Waals surface area contributed by atoms with Gasteiger partial charge in [0.05, 0.1) is 15.1 Å². The number of aryl methyl sites for hydroxylation is 1. The van der Waals surface area contributed by atoms with Gasteiger partial charge in [0.1, 0.15) is 4.90 Å². The first-order valence-electron chi connectivity index (χ1n) is 5.46. The Bertz CT molecular complexity index is 757. The van der Waals surface area contributed by atoms with Gasteiger partial charge >= 0.3 is 10.1 Å². The molecular formula is C13H9Cl3O3S. The van der Waals surface area contributed by atoms with Crippen LogP contribution >= 0.6 is 34.8 Å². The molecule has 2 aromatic carbocycles. The molecule has 20 heavy (non-hydrogen) atoms. The Labute approximate surface area is 132 Å². The Kier molecular flexibility index (Phi) is 4.49. The van der Waals surface area contributed by atoms with Crippen LogP contribution in [0.5, 0.6) is 5.75 Å². The van der Waals surface area contributed by atoms with Crippen LogP contribution in [0.3, 0.4) is 0 Å². The van der Waals surface area contributed by atoms with E-state index in [0.29, 0.717) is 5.56 Å². The zero-order chi connectivity index (χ0) is 14.9. The number of hydrogen-bond acceptors (Lipinski definition) is 3. The van der Waals surface area contributed by atoms with Gasteiger partial charge in [0.25, 0.3) is 0 Å². The van der Waals surface area contributed by atoms with Gasteiger partial charge in [-0.15, -0.1) is 0 Å². The molecule has 0 saturated carbocycles. The average molecular weight is 352 g/mol. The van der Waals surface area contributed by atoms with Crippen molar-refractivity contribution >= 4 is 44.9 Å². The van der Waals surface area contributed by atoms with Crippen molar-refractivity contribution in [3.63, 3.8) is 0 Å². The van der Waals surface area contributed by atoms with Crippen LogP contribution in [0.15, 0.2) is 41.3 Å². The normalized spacial score (nSPS) is 11.4. The average Bonchev–Trinajstić information content (AvgIpc) is 2.36. The van der Waals surface area contributed by atoms with Gasteiger partial charge in [-0.3, -0.25) is 0 Å². The minimum absolute atomic E-state index is 0.0492. The second-order valence-corrected chi connectivity index (χ2v) is 6.74. The van der Waals surface area contributed by atoms with Gasteiger partial charge < -0.3 is 4.18 Å². The first-order chi connectivity index (χ1) is 9.31. The van der Waals surface area contributed by atoms with Crippen LogP contribution in [-0.4, -0.2) is 8.42 Å². The van der Waals surface area contributed by atoms with Gasteiger partial charge in [-0.25, -0.2) is 0 Å². The molecule has 0 saturated heterocycles. The van der Waals surface area contributed by atoms with E-state index in [4.69, 9.17) is 39.0 Å². The summed E-state index contributed by atoms with van der Waals surface area (Å²) in [6.07, 6.45) is 0. The van der Waals surface area contributed by atoms with Crippen LogP contribution < -0.4 is 4.18 Å². The fourth-order valence-electron chi connectivity index (χ4n) is 1.57. The van der Waals surface area contributed by atoms with E-state index in [1.807, 2.05) is 0 Å². The monoisotopic (exact) mass is 350 g/mol. The number of hydrogen-bond donors (Lipinski definition) is 0. The molecule has 0 amide bonds. The molecule has 0 aromatic heterocycles. The molecule has 0 bridgehead atoms. The van der Waals surface area contributed by atoms with E-state index in [2.05, 4.69) is 0 Å². The highest BCUT2D eigenvalue weighted by Gasteiger charge is 2.22. The lowest BCUT2D eigenvalue weighted by Crippen LogP contribution is -2.11. The lowest BCUT2D eigenvalue weighted by Gasteiger charge is -2.11. The van der Waals surface area contributed by atoms with E-state index in [9.17, 15) is 8.42 Å². The van der Waals surface area contributed by atoms with Gasteiger partial charge in [-0.2, -0.15) is 8.42 Å². The van der Waals surface area contributed by atoms with Crippen molar-refractivity contribution in [2.45, 2.75) is 11.8 Å². The summed E-state index contributed by atoms with van der Waals surface area (Å²) >= 11 is 17.6. The van der Waals surface area contributed by atoms with Gasteiger partial charge in [0, 0.05) is 0 Å². The molecule has 0 aliphatic rings. The smallest absolute Gasteiger partial charge is 0.339 e. The molecule has 0 aliphatic carbocycles. The maximum atomic E-state index is 12.3. The Hall–Kier alpha value is -0.940. The summed E-state index contributed by atoms with van der Waals surface area (Å²) in [5.74, 6) is 0.0552. The third kappa shape index (κ3) is 3.20. The number of halogens is 3. The summed E-state index contributed by atoms with van der Waals surface area (Å²) in [6.45, 7) is 1.60. The van der Waals surface area contributed by atoms with E-state index < -0.39 is 10.1 Å². The molecule has 0 heterocycles. The van der Waals surface area contributed by atoms with Crippen LogP contribution in [0.1, 0.15) is 5.56 Å². The topological polar surface area (TPSA) is 43.4 Å². The third-order valence-electron chi connectivity index (χ3n) is 2.52. The van der Waals surface area contributed by atoms with E-state index >= 15 is 0 Å². The minimum atomic E-state index is -4.03. The largest absolute Gasteiger partial charge is 0.377 e. The molecule has 0 atom stereocenters. The molecule has 0 radical (unpaired) electrons. The molecular weight excluding hydrogens is 343 g/mol. The summed E-state index contributed by atoms with van der Waals surface area (Å²) in [4.78, 5) is -0.0492. The second kappa shape index (κ2) is 5.82. The predicted molar refractivity (Wildman–Crippen MR) is 80.5 cm³/mol. The highest BCUT2D eigenvalue weighted by molar-refractivity contribution is 7.87. The second-order valence-electron chi connectivity index (χ2n) is 4.00. The van der Waals surface area contributed by atoms with Gasteiger partial charge in [-0.05, 0) is 36.8 Å². The van der Waals surface area contributed by atoms with E-state index in [1.54, 1.807) is 19.1 Å². The number of rotatable bonds is 3. The van der Waals surface area contributed by atoms with E-state index in [1.165, 1.54) is 24.3 Å². The summed E-state index contributed by atoms with van der Waals surface area (Å²) < 4.78 is 29.5. The van der Waals surface area contributed by atoms with Gasteiger partial charge in [-0.1, -0.05) is 46.9 Å². The van der Waals surface area contributed by atoms with Crippen molar-refractivity contribution in [1.29, 1.82) is 0 Å². The Morgan fingerprint density at radius 1 is 0.950 bits per heavy atom. The predicted octanol–water partition coefficient (Wildman–Crippen LogP) is 4.72. The first kappa shape index (κ1) is 15.4. The van der Waals surface area contributed by atoms with Crippen LogP contribution in [-0.2, 0) is 10.1 Å². The summed E-state index contributed by atoms with van der Waals surface area (Å²) in [5.41, 5.74) is 0.437. The standard InChI is InChI=1S/C13H9Cl3O3S/c1-8-6-10(15)11(16)7-13(8)20(17,18)19-12-5-3-2-4-9(12)14/h2-7H,1H3. The van der Waals surface area contributed by atoms with Crippen LogP contribution in [0.25, 0.3) is 0 Å². The summed E-state index contributed by atoms with van der Waals surface area (Å²) in [5, 5.41) is 0.619. The van der Waals surface area contributed by atoms with Crippen molar-refractivity contribution < 1.29 is 12.6 Å². The SMILES string of the molecule is Cc1cc(Cl)c(Cl)cc1S(=O)(=O)Oc1ccccc1Cl. The maximum Gasteiger partial charge on any atom is 0.339 e. The van der Waals surface area contributed by atoms with E-state index in [0.717, 1.165) is 0 Å². The van der Waals surface area contributed by atoms with Crippen molar-refractivity contribution in [1.82, 2.24) is 0 Å². The minimum Gasteiger partial charge on any atom is -0.377 e. The lowest BCUT2D eigenvalue weighted by molar-refractivity contribution is 0.485. The Balaban J connectivity index is 2.47. The molecule has 0 aliphatic heterocycles. The molecule has 2 rings (SSSR count). The molecule has 0 unspecified atom stereocenters. The van der Waals surface area contributed by atoms with E-state index in [-0.39, 0.29) is 25.7 Å². The van der Waals surface area contributed by atoms with Crippen LogP contribution in [0.4, 0.5) is 0 Å². The van der Waals surface area contributed by atoms with Crippen molar-refractivity contribution in [3.8, 4) is 5.75 Å². The van der Waals surface area contributed by atoms with Crippen molar-refractivity contribution in [2.24, 2.45) is 0 Å². The molecule has 0 fully saturated rings. The third-order valence-corrected chi connectivity index (χ3v) is 4.94. The first-order valence-corrected chi connectivity index (χ1v) is 8.00. The zero-order valence-electron chi connectivity index (χ0n) is 10.2. The quantitative estimate of drug-likeness (QED) is 0.751. The van der Waals surface area contributed by atoms with Gasteiger partial charge in [0.2, 0.25) is 0 Å². The Morgan fingerprint density at radius 3 is 2.20 bits per heavy atom. The van der Waals surface area contributed by atoms with Crippen molar-refractivity contribution in [2.75, 3.05) is 0 Å². The number of benzene rings is 2. The fourth-order valence-corrected chi connectivity index (χ4v) is 3.43. The van der Waals surface area contributed by atoms with Gasteiger partial charge in [0.15, 0.2) is 5.75 Å². The molecule has 7 heteroatoms. The fraction of sp³-hybridized carbons (Fsp3) is 0.0769. The molecule has 106 valence electrons. The lowest BCUT2D eigenvalue weighted by atomic mass is 10.2.